The fourth-order valence-electron chi connectivity index (χ4n) is 4.89. The molecule has 148 valence electrons. The molecule has 1 unspecified atom stereocenters. The van der Waals surface area contributed by atoms with E-state index >= 15 is 0 Å². The van der Waals surface area contributed by atoms with Crippen LogP contribution in [0.2, 0.25) is 0 Å². The number of hydrogen-bond donors (Lipinski definition) is 0. The predicted octanol–water partition coefficient (Wildman–Crippen LogP) is 6.11. The summed E-state index contributed by atoms with van der Waals surface area (Å²) in [6.07, 6.45) is 15.8. The number of carbonyl (C=O) groups is 1. The Hall–Kier alpha value is -2.94. The molecule has 0 spiro atoms. The number of allylic oxidation sites excluding steroid dienone is 6. The monoisotopic (exact) mass is 384 g/mol. The second-order valence-corrected chi connectivity index (χ2v) is 8.27. The molecule has 0 saturated heterocycles. The van der Waals surface area contributed by atoms with Crippen LogP contribution >= 0.6 is 0 Å². The van der Waals surface area contributed by atoms with Gasteiger partial charge in [-0.15, -0.1) is 0 Å². The van der Waals surface area contributed by atoms with Crippen molar-refractivity contribution in [3.05, 3.63) is 89.8 Å². The quantitative estimate of drug-likeness (QED) is 0.444. The smallest absolute Gasteiger partial charge is 0.163 e. The zero-order valence-corrected chi connectivity index (χ0v) is 17.3. The minimum atomic E-state index is 0.0400. The third-order valence-electron chi connectivity index (χ3n) is 6.62. The molecule has 1 aromatic heterocycles. The Kier molecular flexibility index (Phi) is 5.23. The first-order valence-corrected chi connectivity index (χ1v) is 10.4. The summed E-state index contributed by atoms with van der Waals surface area (Å²) in [7, 11) is 0. The lowest BCUT2D eigenvalue weighted by Gasteiger charge is -2.35. The molecule has 0 bridgehead atoms. The van der Waals surface area contributed by atoms with E-state index in [1.165, 1.54) is 16.8 Å². The summed E-state index contributed by atoms with van der Waals surface area (Å²) in [6, 6.07) is 9.69. The molecule has 1 heterocycles. The van der Waals surface area contributed by atoms with Crippen LogP contribution in [0.15, 0.2) is 73.0 Å². The number of carbonyl (C=O) groups excluding carboxylic acids is 1. The third kappa shape index (κ3) is 3.46. The molecule has 2 aliphatic rings. The molecule has 0 radical (unpaired) electrons. The van der Waals surface area contributed by atoms with Gasteiger partial charge >= 0.3 is 0 Å². The SMILES string of the molecule is C=C/C=C\C(=C/C)n1ncc2c1C=C1CC[C@H](CC(=O)c3ccccc3)C1(C)C2. The largest absolute Gasteiger partial charge is 0.294 e. The molecule has 4 rings (SSSR count). The Morgan fingerprint density at radius 3 is 2.86 bits per heavy atom. The van der Waals surface area contributed by atoms with E-state index in [1.807, 2.05) is 60.3 Å². The fourth-order valence-corrected chi connectivity index (χ4v) is 4.89. The molecule has 0 amide bonds. The van der Waals surface area contributed by atoms with Gasteiger partial charge in [-0.1, -0.05) is 67.6 Å². The van der Waals surface area contributed by atoms with Gasteiger partial charge in [-0.25, -0.2) is 4.68 Å². The van der Waals surface area contributed by atoms with E-state index in [9.17, 15) is 4.79 Å². The van der Waals surface area contributed by atoms with E-state index in [0.717, 1.165) is 30.5 Å². The molecule has 29 heavy (non-hydrogen) atoms. The first-order chi connectivity index (χ1) is 14.1. The summed E-state index contributed by atoms with van der Waals surface area (Å²) in [6.45, 7) is 8.12. The molecule has 0 N–H and O–H groups in total. The summed E-state index contributed by atoms with van der Waals surface area (Å²) in [5.74, 6) is 0.630. The van der Waals surface area contributed by atoms with Crippen molar-refractivity contribution in [1.29, 1.82) is 0 Å². The van der Waals surface area contributed by atoms with Gasteiger partial charge in [0.1, 0.15) is 0 Å². The molecule has 3 heteroatoms. The van der Waals surface area contributed by atoms with Crippen LogP contribution in [-0.4, -0.2) is 15.6 Å². The zero-order chi connectivity index (χ0) is 20.4. The molecule has 1 saturated carbocycles. The molecule has 1 aromatic carbocycles. The molecular formula is C26H28N2O. The Morgan fingerprint density at radius 2 is 2.14 bits per heavy atom. The van der Waals surface area contributed by atoms with Gasteiger partial charge in [0.2, 0.25) is 0 Å². The summed E-state index contributed by atoms with van der Waals surface area (Å²) in [5, 5.41) is 4.67. The van der Waals surface area contributed by atoms with Gasteiger partial charge < -0.3 is 0 Å². The standard InChI is InChI=1S/C26H28N2O/c1-4-6-12-23(5-2)28-24-15-21-13-14-22(26(21,3)17-20(24)18-27-28)16-25(29)19-10-8-7-9-11-19/h4-12,15,18,22H,1,13-14,16-17H2,2-3H3/b12-6-,23-5+/t22-,26?/m1/s1. The van der Waals surface area contributed by atoms with E-state index in [0.29, 0.717) is 12.3 Å². The number of hydrogen-bond acceptors (Lipinski definition) is 2. The number of rotatable bonds is 6. The van der Waals surface area contributed by atoms with Crippen LogP contribution in [0.5, 0.6) is 0 Å². The van der Waals surface area contributed by atoms with Gasteiger partial charge in [-0.05, 0) is 55.2 Å². The van der Waals surface area contributed by atoms with Crippen molar-refractivity contribution in [3.63, 3.8) is 0 Å². The van der Waals surface area contributed by atoms with Crippen molar-refractivity contribution in [1.82, 2.24) is 9.78 Å². The topological polar surface area (TPSA) is 34.9 Å². The van der Waals surface area contributed by atoms with Gasteiger partial charge in [-0.3, -0.25) is 4.79 Å². The lowest BCUT2D eigenvalue weighted by molar-refractivity contribution is 0.0930. The van der Waals surface area contributed by atoms with Crippen molar-refractivity contribution >= 4 is 17.6 Å². The molecule has 2 atom stereocenters. The summed E-state index contributed by atoms with van der Waals surface area (Å²) >= 11 is 0. The van der Waals surface area contributed by atoms with E-state index < -0.39 is 0 Å². The lowest BCUT2D eigenvalue weighted by Crippen LogP contribution is -2.30. The number of aromatic nitrogens is 2. The molecule has 2 aliphatic carbocycles. The van der Waals surface area contributed by atoms with E-state index in [1.54, 1.807) is 6.08 Å². The first-order valence-electron chi connectivity index (χ1n) is 10.4. The van der Waals surface area contributed by atoms with Crippen molar-refractivity contribution in [2.45, 2.75) is 39.5 Å². The second-order valence-electron chi connectivity index (χ2n) is 8.27. The van der Waals surface area contributed by atoms with Gasteiger partial charge in [0.25, 0.3) is 0 Å². The van der Waals surface area contributed by atoms with Gasteiger partial charge in [0, 0.05) is 12.0 Å². The average molecular weight is 385 g/mol. The van der Waals surface area contributed by atoms with E-state index in [4.69, 9.17) is 0 Å². The van der Waals surface area contributed by atoms with Crippen LogP contribution in [0.1, 0.15) is 54.7 Å². The number of benzene rings is 1. The number of nitrogens with zero attached hydrogens (tertiary/aromatic N) is 2. The van der Waals surface area contributed by atoms with Crippen LogP contribution in [0.25, 0.3) is 11.8 Å². The highest BCUT2D eigenvalue weighted by Crippen LogP contribution is 2.54. The minimum absolute atomic E-state index is 0.0400. The Bertz CT molecular complexity index is 1020. The summed E-state index contributed by atoms with van der Waals surface area (Å²) in [4.78, 5) is 12.8. The predicted molar refractivity (Wildman–Crippen MR) is 119 cm³/mol. The molecule has 1 fully saturated rings. The lowest BCUT2D eigenvalue weighted by atomic mass is 9.68. The van der Waals surface area contributed by atoms with Crippen LogP contribution < -0.4 is 0 Å². The number of fused-ring (bicyclic) bond motifs is 2. The number of ketones is 1. The highest BCUT2D eigenvalue weighted by molar-refractivity contribution is 5.96. The van der Waals surface area contributed by atoms with Gasteiger partial charge in [0.15, 0.2) is 5.78 Å². The Balaban J connectivity index is 1.61. The van der Waals surface area contributed by atoms with Gasteiger partial charge in [0.05, 0.1) is 17.6 Å². The van der Waals surface area contributed by atoms with Crippen LogP contribution in [0.3, 0.4) is 0 Å². The maximum Gasteiger partial charge on any atom is 0.163 e. The Morgan fingerprint density at radius 1 is 1.34 bits per heavy atom. The maximum absolute atomic E-state index is 12.8. The highest BCUT2D eigenvalue weighted by Gasteiger charge is 2.46. The summed E-state index contributed by atoms with van der Waals surface area (Å²) < 4.78 is 2.02. The molecular weight excluding hydrogens is 356 g/mol. The Labute approximate surface area is 173 Å². The van der Waals surface area contributed by atoms with Crippen LogP contribution in [-0.2, 0) is 6.42 Å². The molecule has 2 aromatic rings. The van der Waals surface area contributed by atoms with E-state index in [-0.39, 0.29) is 11.2 Å². The third-order valence-corrected chi connectivity index (χ3v) is 6.62. The van der Waals surface area contributed by atoms with Crippen LogP contribution in [0.4, 0.5) is 0 Å². The zero-order valence-electron chi connectivity index (χ0n) is 17.3. The van der Waals surface area contributed by atoms with Crippen molar-refractivity contribution in [2.24, 2.45) is 11.3 Å². The summed E-state index contributed by atoms with van der Waals surface area (Å²) in [5.41, 5.74) is 5.81. The van der Waals surface area contributed by atoms with Crippen molar-refractivity contribution < 1.29 is 4.79 Å². The number of Topliss-reactive ketones (excluding diaryl/α,β-unsaturated/α-hetero) is 1. The first kappa shape index (κ1) is 19.4. The van der Waals surface area contributed by atoms with Crippen LogP contribution in [0, 0.1) is 11.3 Å². The van der Waals surface area contributed by atoms with Crippen molar-refractivity contribution in [2.75, 3.05) is 0 Å². The molecule has 3 nitrogen and oxygen atoms in total. The van der Waals surface area contributed by atoms with Crippen molar-refractivity contribution in [3.8, 4) is 0 Å². The highest BCUT2D eigenvalue weighted by atomic mass is 16.1. The minimum Gasteiger partial charge on any atom is -0.294 e. The average Bonchev–Trinajstić information content (AvgIpc) is 3.28. The van der Waals surface area contributed by atoms with Gasteiger partial charge in [-0.2, -0.15) is 5.10 Å². The fraction of sp³-hybridized carbons (Fsp3) is 0.308. The maximum atomic E-state index is 12.8. The van der Waals surface area contributed by atoms with E-state index in [2.05, 4.69) is 30.8 Å². The second kappa shape index (κ2) is 7.82. The molecule has 0 aliphatic heterocycles. The normalized spacial score (nSPS) is 23.6.